The summed E-state index contributed by atoms with van der Waals surface area (Å²) in [6.45, 7) is 4.77. The van der Waals surface area contributed by atoms with E-state index in [0.717, 1.165) is 25.1 Å². The van der Waals surface area contributed by atoms with Crippen LogP contribution in [0.2, 0.25) is 0 Å². The molecule has 3 heterocycles. The fourth-order valence-corrected chi connectivity index (χ4v) is 4.81. The molecule has 0 radical (unpaired) electrons. The van der Waals surface area contributed by atoms with Crippen molar-refractivity contribution in [3.63, 3.8) is 0 Å². The molecule has 0 saturated carbocycles. The Morgan fingerprint density at radius 2 is 2.25 bits per heavy atom. The summed E-state index contributed by atoms with van der Waals surface area (Å²) in [5.41, 5.74) is 0.353. The van der Waals surface area contributed by atoms with Crippen molar-refractivity contribution in [1.82, 2.24) is 10.3 Å². The molecule has 0 aliphatic carbocycles. The Morgan fingerprint density at radius 1 is 1.45 bits per heavy atom. The Balaban J connectivity index is 2.09. The van der Waals surface area contributed by atoms with Crippen molar-refractivity contribution in [2.75, 3.05) is 10.8 Å². The third-order valence-corrected chi connectivity index (χ3v) is 5.54. The lowest BCUT2D eigenvalue weighted by Crippen LogP contribution is -2.55. The standard InChI is InChI=1S/C14H19N3O2S/c1-11-4-3-5-13(16-11)17-14(7-9-20(17,18)19)6-8-15-12(2)10-14/h3-5,7,9,12,15H,6,8,10H2,1-2H3/t12-,14+/m0/s1. The number of nitrogens with one attached hydrogen (secondary N) is 1. The van der Waals surface area contributed by atoms with E-state index >= 15 is 0 Å². The Bertz CT molecular complexity index is 656. The van der Waals surface area contributed by atoms with Crippen molar-refractivity contribution < 1.29 is 8.42 Å². The van der Waals surface area contributed by atoms with E-state index in [4.69, 9.17) is 0 Å². The molecule has 20 heavy (non-hydrogen) atoms. The quantitative estimate of drug-likeness (QED) is 0.853. The van der Waals surface area contributed by atoms with E-state index in [0.29, 0.717) is 5.82 Å². The minimum Gasteiger partial charge on any atom is -0.314 e. The number of aryl methyl sites for hydroxylation is 1. The fraction of sp³-hybridized carbons (Fsp3) is 0.500. The minimum absolute atomic E-state index is 0.286. The van der Waals surface area contributed by atoms with Crippen LogP contribution < -0.4 is 9.62 Å². The maximum atomic E-state index is 12.4. The van der Waals surface area contributed by atoms with Gasteiger partial charge in [0, 0.05) is 17.1 Å². The summed E-state index contributed by atoms with van der Waals surface area (Å²) in [7, 11) is -3.43. The van der Waals surface area contributed by atoms with Crippen molar-refractivity contribution in [2.24, 2.45) is 0 Å². The highest BCUT2D eigenvalue weighted by molar-refractivity contribution is 7.96. The Kier molecular flexibility index (Phi) is 3.10. The summed E-state index contributed by atoms with van der Waals surface area (Å²) in [5.74, 6) is 0.518. The first-order chi connectivity index (χ1) is 9.43. The second-order valence-electron chi connectivity index (χ2n) is 5.66. The Hall–Kier alpha value is -1.40. The van der Waals surface area contributed by atoms with Crippen LogP contribution in [0.15, 0.2) is 29.7 Å². The number of hydrogen-bond acceptors (Lipinski definition) is 4. The van der Waals surface area contributed by atoms with Crippen molar-refractivity contribution >= 4 is 15.8 Å². The van der Waals surface area contributed by atoms with E-state index in [1.165, 1.54) is 9.71 Å². The third kappa shape index (κ3) is 2.13. The first kappa shape index (κ1) is 13.6. The molecular weight excluding hydrogens is 274 g/mol. The molecule has 1 spiro atoms. The normalized spacial score (nSPS) is 31.9. The van der Waals surface area contributed by atoms with Gasteiger partial charge in [-0.3, -0.25) is 0 Å². The van der Waals surface area contributed by atoms with Gasteiger partial charge in [0.25, 0.3) is 10.0 Å². The van der Waals surface area contributed by atoms with Crippen LogP contribution in [0, 0.1) is 6.92 Å². The molecule has 108 valence electrons. The number of anilines is 1. The average molecular weight is 293 g/mol. The topological polar surface area (TPSA) is 62.3 Å². The predicted octanol–water partition coefficient (Wildman–Crippen LogP) is 1.56. The van der Waals surface area contributed by atoms with E-state index in [9.17, 15) is 8.42 Å². The van der Waals surface area contributed by atoms with Crippen LogP contribution in [0.1, 0.15) is 25.5 Å². The van der Waals surface area contributed by atoms with Crippen LogP contribution >= 0.6 is 0 Å². The van der Waals surface area contributed by atoms with Gasteiger partial charge in [-0.1, -0.05) is 6.07 Å². The maximum absolute atomic E-state index is 12.4. The third-order valence-electron chi connectivity index (χ3n) is 4.00. The molecule has 3 rings (SSSR count). The van der Waals surface area contributed by atoms with E-state index in [-0.39, 0.29) is 6.04 Å². The largest absolute Gasteiger partial charge is 0.314 e. The summed E-state index contributed by atoms with van der Waals surface area (Å²) in [6, 6.07) is 5.78. The molecule has 2 aliphatic heterocycles. The monoisotopic (exact) mass is 293 g/mol. The van der Waals surface area contributed by atoms with E-state index in [1.54, 1.807) is 6.07 Å². The molecule has 6 heteroatoms. The number of nitrogens with zero attached hydrogens (tertiary/aromatic N) is 2. The highest BCUT2D eigenvalue weighted by atomic mass is 32.2. The molecule has 1 aromatic heterocycles. The number of aromatic nitrogens is 1. The first-order valence-corrected chi connectivity index (χ1v) is 8.35. The molecular formula is C14H19N3O2S. The Labute approximate surface area is 119 Å². The molecule has 1 N–H and O–H groups in total. The molecule has 0 aromatic carbocycles. The molecule has 0 bridgehead atoms. The smallest absolute Gasteiger partial charge is 0.259 e. The van der Waals surface area contributed by atoms with Gasteiger partial charge in [0.2, 0.25) is 0 Å². The molecule has 0 unspecified atom stereocenters. The number of rotatable bonds is 1. The van der Waals surface area contributed by atoms with Crippen molar-refractivity contribution in [3.8, 4) is 0 Å². The highest BCUT2D eigenvalue weighted by Crippen LogP contribution is 2.40. The van der Waals surface area contributed by atoms with Gasteiger partial charge in [0.1, 0.15) is 5.82 Å². The van der Waals surface area contributed by atoms with Gasteiger partial charge >= 0.3 is 0 Å². The van der Waals surface area contributed by atoms with Crippen molar-refractivity contribution in [1.29, 1.82) is 0 Å². The lowest BCUT2D eigenvalue weighted by atomic mass is 9.85. The highest BCUT2D eigenvalue weighted by Gasteiger charge is 2.48. The van der Waals surface area contributed by atoms with Gasteiger partial charge in [-0.25, -0.2) is 17.7 Å². The van der Waals surface area contributed by atoms with E-state index in [2.05, 4.69) is 17.2 Å². The zero-order valence-corrected chi connectivity index (χ0v) is 12.5. The summed E-state index contributed by atoms with van der Waals surface area (Å²) < 4.78 is 26.4. The van der Waals surface area contributed by atoms with Crippen LogP contribution in [0.3, 0.4) is 0 Å². The number of piperidine rings is 1. The van der Waals surface area contributed by atoms with Gasteiger partial charge in [-0.15, -0.1) is 0 Å². The van der Waals surface area contributed by atoms with Gasteiger partial charge in [-0.2, -0.15) is 0 Å². The molecule has 0 amide bonds. The summed E-state index contributed by atoms with van der Waals surface area (Å²) in [4.78, 5) is 4.41. The second kappa shape index (κ2) is 4.56. The molecule has 5 nitrogen and oxygen atoms in total. The van der Waals surface area contributed by atoms with Gasteiger partial charge in [0.15, 0.2) is 0 Å². The lowest BCUT2D eigenvalue weighted by molar-refractivity contribution is 0.320. The van der Waals surface area contributed by atoms with Crippen LogP contribution in [0.4, 0.5) is 5.82 Å². The zero-order chi connectivity index (χ0) is 14.4. The molecule has 2 atom stereocenters. The van der Waals surface area contributed by atoms with Crippen LogP contribution in [0.25, 0.3) is 0 Å². The van der Waals surface area contributed by atoms with Crippen LogP contribution in [0.5, 0.6) is 0 Å². The average Bonchev–Trinajstić information content (AvgIpc) is 2.60. The Morgan fingerprint density at radius 3 is 2.95 bits per heavy atom. The van der Waals surface area contributed by atoms with Crippen LogP contribution in [-0.4, -0.2) is 31.5 Å². The predicted molar refractivity (Wildman–Crippen MR) is 78.9 cm³/mol. The number of pyridine rings is 1. The molecule has 2 aliphatic rings. The van der Waals surface area contributed by atoms with Crippen LogP contribution in [-0.2, 0) is 10.0 Å². The van der Waals surface area contributed by atoms with Crippen molar-refractivity contribution in [3.05, 3.63) is 35.4 Å². The molecule has 1 saturated heterocycles. The summed E-state index contributed by atoms with van der Waals surface area (Å²) >= 11 is 0. The second-order valence-corrected chi connectivity index (χ2v) is 7.33. The molecule has 1 aromatic rings. The van der Waals surface area contributed by atoms with Gasteiger partial charge in [-0.05, 0) is 51.4 Å². The summed E-state index contributed by atoms with van der Waals surface area (Å²) in [6.07, 6.45) is 3.37. The van der Waals surface area contributed by atoms with Gasteiger partial charge < -0.3 is 5.32 Å². The number of hydrogen-bond donors (Lipinski definition) is 1. The lowest BCUT2D eigenvalue weighted by Gasteiger charge is -2.42. The fourth-order valence-electron chi connectivity index (χ4n) is 3.17. The summed E-state index contributed by atoms with van der Waals surface area (Å²) in [5, 5.41) is 4.70. The number of sulfonamides is 1. The van der Waals surface area contributed by atoms with E-state index in [1.807, 2.05) is 25.1 Å². The molecule has 1 fully saturated rings. The van der Waals surface area contributed by atoms with Gasteiger partial charge in [0.05, 0.1) is 5.54 Å². The zero-order valence-electron chi connectivity index (χ0n) is 11.7. The van der Waals surface area contributed by atoms with Crippen molar-refractivity contribution in [2.45, 2.75) is 38.3 Å². The SMILES string of the molecule is Cc1cccc(N2[C@@]3(C=CS2(=O)=O)CCN[C@@H](C)C3)n1. The minimum atomic E-state index is -3.43. The maximum Gasteiger partial charge on any atom is 0.259 e. The van der Waals surface area contributed by atoms with E-state index < -0.39 is 15.6 Å². The first-order valence-electron chi connectivity index (χ1n) is 6.85.